The molecule has 1 heterocycles. The van der Waals surface area contributed by atoms with E-state index in [1.807, 2.05) is 25.1 Å². The standard InChI is InChI=1S/C22H25N3O3S/c1-15-7-5-8-18-19(15)23-22(29-18)25(14-6-13-24(2)3)20(26)16-9-11-17(12-10-16)21(27)28-4/h5,7-12H,6,13-14H2,1-4H3/p+1. The molecule has 1 amide bonds. The summed E-state index contributed by atoms with van der Waals surface area (Å²) in [5, 5.41) is 0.699. The summed E-state index contributed by atoms with van der Waals surface area (Å²) in [5.74, 6) is -0.539. The number of hydrogen-bond acceptors (Lipinski definition) is 5. The van der Waals surface area contributed by atoms with Crippen molar-refractivity contribution in [3.63, 3.8) is 0 Å². The third-order valence-electron chi connectivity index (χ3n) is 4.70. The van der Waals surface area contributed by atoms with E-state index in [-0.39, 0.29) is 5.91 Å². The fourth-order valence-corrected chi connectivity index (χ4v) is 4.16. The Hall–Kier alpha value is -2.77. The van der Waals surface area contributed by atoms with Gasteiger partial charge in [0.1, 0.15) is 0 Å². The van der Waals surface area contributed by atoms with Crippen LogP contribution in [0.25, 0.3) is 10.2 Å². The van der Waals surface area contributed by atoms with Crippen molar-refractivity contribution in [1.82, 2.24) is 4.98 Å². The van der Waals surface area contributed by atoms with Crippen LogP contribution in [-0.2, 0) is 4.74 Å². The van der Waals surface area contributed by atoms with Crippen LogP contribution >= 0.6 is 11.3 Å². The quantitative estimate of drug-likeness (QED) is 0.606. The first-order valence-electron chi connectivity index (χ1n) is 9.56. The Morgan fingerprint density at radius 1 is 1.10 bits per heavy atom. The van der Waals surface area contributed by atoms with Gasteiger partial charge in [0.2, 0.25) is 0 Å². The second kappa shape index (κ2) is 9.15. The fraction of sp³-hybridized carbons (Fsp3) is 0.318. The Kier molecular flexibility index (Phi) is 6.61. The molecule has 0 aliphatic heterocycles. The van der Waals surface area contributed by atoms with Gasteiger partial charge in [0.05, 0.1) is 43.5 Å². The number of nitrogens with zero attached hydrogens (tertiary/aromatic N) is 2. The summed E-state index contributed by atoms with van der Waals surface area (Å²) in [4.78, 5) is 32.8. The first kappa shape index (κ1) is 21.0. The van der Waals surface area contributed by atoms with Crippen LogP contribution in [0.5, 0.6) is 0 Å². The van der Waals surface area contributed by atoms with Crippen LogP contribution in [0.4, 0.5) is 5.13 Å². The molecule has 0 saturated carbocycles. The van der Waals surface area contributed by atoms with Gasteiger partial charge in [-0.1, -0.05) is 23.5 Å². The van der Waals surface area contributed by atoms with E-state index in [1.54, 1.807) is 29.2 Å². The molecular weight excluding hydrogens is 386 g/mol. The van der Waals surface area contributed by atoms with Crippen LogP contribution in [0.15, 0.2) is 42.5 Å². The van der Waals surface area contributed by atoms with Crippen LogP contribution in [0.1, 0.15) is 32.7 Å². The average Bonchev–Trinajstić information content (AvgIpc) is 3.15. The number of fused-ring (bicyclic) bond motifs is 1. The molecule has 0 bridgehead atoms. The third-order valence-corrected chi connectivity index (χ3v) is 5.74. The maximum Gasteiger partial charge on any atom is 0.337 e. The summed E-state index contributed by atoms with van der Waals surface area (Å²) in [5.41, 5.74) is 2.97. The molecule has 0 saturated heterocycles. The van der Waals surface area contributed by atoms with Gasteiger partial charge in [0.25, 0.3) is 5.91 Å². The lowest BCUT2D eigenvalue weighted by Gasteiger charge is -2.20. The molecule has 2 aromatic carbocycles. The number of hydrogen-bond donors (Lipinski definition) is 1. The first-order valence-corrected chi connectivity index (χ1v) is 10.4. The highest BCUT2D eigenvalue weighted by molar-refractivity contribution is 7.22. The Balaban J connectivity index is 1.92. The van der Waals surface area contributed by atoms with E-state index in [9.17, 15) is 9.59 Å². The van der Waals surface area contributed by atoms with Gasteiger partial charge in [-0.2, -0.15) is 0 Å². The number of carbonyl (C=O) groups excluding carboxylic acids is 2. The van der Waals surface area contributed by atoms with Crippen molar-refractivity contribution in [2.45, 2.75) is 13.3 Å². The highest BCUT2D eigenvalue weighted by Crippen LogP contribution is 2.31. The molecule has 29 heavy (non-hydrogen) atoms. The number of aryl methyl sites for hydroxylation is 1. The van der Waals surface area contributed by atoms with E-state index in [2.05, 4.69) is 14.1 Å². The maximum atomic E-state index is 13.3. The molecular formula is C22H26N3O3S+. The molecule has 0 atom stereocenters. The first-order chi connectivity index (χ1) is 13.9. The molecule has 0 radical (unpaired) electrons. The van der Waals surface area contributed by atoms with E-state index in [1.165, 1.54) is 23.3 Å². The number of ether oxygens (including phenoxy) is 1. The van der Waals surface area contributed by atoms with Crippen molar-refractivity contribution in [3.8, 4) is 0 Å². The Morgan fingerprint density at radius 3 is 2.41 bits per heavy atom. The van der Waals surface area contributed by atoms with Gasteiger partial charge < -0.3 is 9.64 Å². The monoisotopic (exact) mass is 412 g/mol. The van der Waals surface area contributed by atoms with E-state index >= 15 is 0 Å². The van der Waals surface area contributed by atoms with Crippen LogP contribution < -0.4 is 9.80 Å². The topological polar surface area (TPSA) is 63.9 Å². The Labute approximate surface area is 174 Å². The number of nitrogens with one attached hydrogen (secondary N) is 1. The summed E-state index contributed by atoms with van der Waals surface area (Å²) >= 11 is 1.53. The molecule has 7 heteroatoms. The molecule has 3 aromatic rings. The third kappa shape index (κ3) is 4.81. The molecule has 0 aliphatic rings. The van der Waals surface area contributed by atoms with Crippen LogP contribution in [0, 0.1) is 6.92 Å². The number of rotatable bonds is 7. The van der Waals surface area contributed by atoms with Gasteiger partial charge in [-0.3, -0.25) is 9.69 Å². The molecule has 3 rings (SSSR count). The minimum absolute atomic E-state index is 0.119. The number of amides is 1. The van der Waals surface area contributed by atoms with Gasteiger partial charge >= 0.3 is 5.97 Å². The van der Waals surface area contributed by atoms with E-state index in [0.717, 1.165) is 28.7 Å². The number of para-hydroxylation sites is 1. The van der Waals surface area contributed by atoms with Crippen molar-refractivity contribution in [3.05, 3.63) is 59.2 Å². The summed E-state index contributed by atoms with van der Waals surface area (Å²) < 4.78 is 5.80. The van der Waals surface area contributed by atoms with E-state index < -0.39 is 5.97 Å². The number of anilines is 1. The molecule has 1 aromatic heterocycles. The molecule has 6 nitrogen and oxygen atoms in total. The lowest BCUT2D eigenvalue weighted by atomic mass is 10.1. The smallest absolute Gasteiger partial charge is 0.337 e. The predicted octanol–water partition coefficient (Wildman–Crippen LogP) is 2.57. The zero-order valence-corrected chi connectivity index (χ0v) is 18.0. The lowest BCUT2D eigenvalue weighted by molar-refractivity contribution is -0.858. The number of thiazole rings is 1. The number of benzene rings is 2. The zero-order chi connectivity index (χ0) is 21.0. The van der Waals surface area contributed by atoms with Crippen molar-refractivity contribution in [1.29, 1.82) is 0 Å². The van der Waals surface area contributed by atoms with Gasteiger partial charge in [-0.25, -0.2) is 9.78 Å². The average molecular weight is 413 g/mol. The van der Waals surface area contributed by atoms with Gasteiger partial charge in [0, 0.05) is 18.5 Å². The van der Waals surface area contributed by atoms with E-state index in [0.29, 0.717) is 22.8 Å². The van der Waals surface area contributed by atoms with Gasteiger partial charge in [-0.15, -0.1) is 0 Å². The van der Waals surface area contributed by atoms with Crippen LogP contribution in [0.3, 0.4) is 0 Å². The largest absolute Gasteiger partial charge is 0.465 e. The second-order valence-corrected chi connectivity index (χ2v) is 8.26. The maximum absolute atomic E-state index is 13.3. The van der Waals surface area contributed by atoms with Gasteiger partial charge in [0.15, 0.2) is 5.13 Å². The second-order valence-electron chi connectivity index (χ2n) is 7.25. The normalized spacial score (nSPS) is 11.1. The van der Waals surface area contributed by atoms with Crippen molar-refractivity contribution < 1.29 is 19.2 Å². The lowest BCUT2D eigenvalue weighted by Crippen LogP contribution is -3.05. The number of methoxy groups -OCH3 is 1. The minimum atomic E-state index is -0.420. The zero-order valence-electron chi connectivity index (χ0n) is 17.2. The van der Waals surface area contributed by atoms with Crippen LogP contribution in [-0.4, -0.2) is 51.2 Å². The van der Waals surface area contributed by atoms with Gasteiger partial charge in [-0.05, 0) is 42.8 Å². The number of aromatic nitrogens is 1. The Bertz CT molecular complexity index is 1010. The van der Waals surface area contributed by atoms with E-state index in [4.69, 9.17) is 9.72 Å². The highest BCUT2D eigenvalue weighted by Gasteiger charge is 2.22. The molecule has 152 valence electrons. The summed E-state index contributed by atoms with van der Waals surface area (Å²) in [6.45, 7) is 3.57. The van der Waals surface area contributed by atoms with Crippen molar-refractivity contribution in [2.75, 3.05) is 39.2 Å². The van der Waals surface area contributed by atoms with Crippen molar-refractivity contribution in [2.24, 2.45) is 0 Å². The fourth-order valence-electron chi connectivity index (χ4n) is 3.09. The molecule has 0 aliphatic carbocycles. The van der Waals surface area contributed by atoms with Crippen molar-refractivity contribution >= 4 is 38.6 Å². The highest BCUT2D eigenvalue weighted by atomic mass is 32.1. The number of quaternary nitrogens is 1. The summed E-state index contributed by atoms with van der Waals surface area (Å²) in [7, 11) is 5.53. The summed E-state index contributed by atoms with van der Waals surface area (Å²) in [6.07, 6.45) is 0.864. The SMILES string of the molecule is COC(=O)c1ccc(C(=O)N(CCC[NH+](C)C)c2nc3c(C)cccc3s2)cc1. The number of carbonyl (C=O) groups is 2. The molecule has 1 N–H and O–H groups in total. The minimum Gasteiger partial charge on any atom is -0.465 e. The summed E-state index contributed by atoms with van der Waals surface area (Å²) in [6, 6.07) is 12.6. The molecule has 0 fully saturated rings. The van der Waals surface area contributed by atoms with Crippen LogP contribution in [0.2, 0.25) is 0 Å². The molecule has 0 unspecified atom stereocenters. The Morgan fingerprint density at radius 2 is 1.79 bits per heavy atom. The molecule has 0 spiro atoms. The predicted molar refractivity (Wildman–Crippen MR) is 116 cm³/mol. The number of esters is 1.